The zero-order chi connectivity index (χ0) is 9.15. The van der Waals surface area contributed by atoms with E-state index in [1.165, 1.54) is 0 Å². The normalized spacial score (nSPS) is 58.2. The molecule has 0 amide bonds. The number of ketones is 1. The molecule has 0 radical (unpaired) electrons. The van der Waals surface area contributed by atoms with Gasteiger partial charge in [0, 0.05) is 0 Å². The van der Waals surface area contributed by atoms with Crippen molar-refractivity contribution in [2.24, 2.45) is 0 Å². The number of fused-ring (bicyclic) bond motifs is 1. The first-order valence-corrected chi connectivity index (χ1v) is 3.44. The molecule has 1 saturated carbocycles. The van der Waals surface area contributed by atoms with E-state index in [9.17, 15) is 15.0 Å². The number of hydrogen-bond donors (Lipinski definition) is 4. The molecule has 6 nitrogen and oxygen atoms in total. The predicted octanol–water partition coefficient (Wildman–Crippen LogP) is -3.26. The molecule has 0 spiro atoms. The quantitative estimate of drug-likeness (QED) is 0.308. The highest BCUT2D eigenvalue weighted by Gasteiger charge is 2.85. The summed E-state index contributed by atoms with van der Waals surface area (Å²) in [6.45, 7) is -0.369. The average Bonchev–Trinajstić information content (AvgIpc) is 2.48. The minimum absolute atomic E-state index is 0.369. The summed E-state index contributed by atoms with van der Waals surface area (Å²) in [6.07, 6.45) is -3.02. The molecule has 0 aromatic carbocycles. The van der Waals surface area contributed by atoms with Crippen LogP contribution in [0, 0.1) is 0 Å². The lowest BCUT2D eigenvalue weighted by molar-refractivity contribution is -0.253. The molecule has 1 unspecified atom stereocenters. The van der Waals surface area contributed by atoms with Crippen LogP contribution in [0.2, 0.25) is 0 Å². The molecular weight excluding hydrogens is 168 g/mol. The standard InChI is InChI=1S/C6H8O6/c7-2-1-12-6(11)4(9)5(6,10)3(2)8/h2-3,7-8,10-11H,1H2/t2-,3+,5-,6?/m1/s1. The first-order valence-electron chi connectivity index (χ1n) is 3.44. The number of aliphatic hydroxyl groups excluding tert-OH is 2. The molecule has 1 heterocycles. The van der Waals surface area contributed by atoms with Gasteiger partial charge in [-0.15, -0.1) is 0 Å². The van der Waals surface area contributed by atoms with Crippen LogP contribution in [-0.4, -0.2) is 56.4 Å². The minimum atomic E-state index is -2.33. The van der Waals surface area contributed by atoms with E-state index in [4.69, 9.17) is 10.2 Å². The summed E-state index contributed by atoms with van der Waals surface area (Å²) in [5.41, 5.74) is -2.33. The third-order valence-electron chi connectivity index (χ3n) is 2.36. The number of rotatable bonds is 0. The lowest BCUT2D eigenvalue weighted by Crippen LogP contribution is -2.53. The molecule has 1 aliphatic carbocycles. The van der Waals surface area contributed by atoms with E-state index in [2.05, 4.69) is 4.74 Å². The molecule has 4 atom stereocenters. The van der Waals surface area contributed by atoms with Crippen LogP contribution in [0.3, 0.4) is 0 Å². The van der Waals surface area contributed by atoms with Crippen molar-refractivity contribution >= 4 is 5.78 Å². The fourth-order valence-corrected chi connectivity index (χ4v) is 1.43. The number of hydrogen-bond acceptors (Lipinski definition) is 6. The lowest BCUT2D eigenvalue weighted by Gasteiger charge is -2.28. The zero-order valence-electron chi connectivity index (χ0n) is 5.97. The summed E-state index contributed by atoms with van der Waals surface area (Å²) < 4.78 is 4.48. The van der Waals surface area contributed by atoms with E-state index in [-0.39, 0.29) is 6.61 Å². The van der Waals surface area contributed by atoms with Gasteiger partial charge in [-0.3, -0.25) is 4.79 Å². The Kier molecular flexibility index (Phi) is 1.25. The maximum atomic E-state index is 10.8. The van der Waals surface area contributed by atoms with Crippen LogP contribution < -0.4 is 0 Å². The van der Waals surface area contributed by atoms with Crippen LogP contribution >= 0.6 is 0 Å². The maximum Gasteiger partial charge on any atom is 0.270 e. The van der Waals surface area contributed by atoms with Crippen molar-refractivity contribution in [2.75, 3.05) is 6.61 Å². The number of Topliss-reactive ketones (excluding diaryl/α,β-unsaturated/α-hetero) is 1. The summed E-state index contributed by atoms with van der Waals surface area (Å²) in [6, 6.07) is 0. The Hall–Kier alpha value is -0.530. The second kappa shape index (κ2) is 1.86. The molecule has 0 bridgehead atoms. The van der Waals surface area contributed by atoms with Gasteiger partial charge >= 0.3 is 0 Å². The zero-order valence-corrected chi connectivity index (χ0v) is 5.97. The molecule has 1 aliphatic heterocycles. The first kappa shape index (κ1) is 8.09. The molecule has 6 heteroatoms. The molecule has 4 N–H and O–H groups in total. The number of carbonyl (C=O) groups excluding carboxylic acids is 1. The van der Waals surface area contributed by atoms with Crippen LogP contribution in [0.5, 0.6) is 0 Å². The van der Waals surface area contributed by atoms with Gasteiger partial charge in [-0.05, 0) is 0 Å². The van der Waals surface area contributed by atoms with Gasteiger partial charge in [0.1, 0.15) is 12.2 Å². The summed E-state index contributed by atoms with van der Waals surface area (Å²) in [4.78, 5) is 10.8. The number of aliphatic hydroxyl groups is 4. The summed E-state index contributed by atoms with van der Waals surface area (Å²) in [5.74, 6) is -3.30. The molecular formula is C6H8O6. The SMILES string of the molecule is O=C1C2(O)OC[C@@H](O)[C@H](O)[C@@]12O. The number of ether oxygens (including phenoxy) is 1. The Bertz CT molecular complexity index is 252. The molecule has 12 heavy (non-hydrogen) atoms. The van der Waals surface area contributed by atoms with Crippen molar-refractivity contribution in [3.63, 3.8) is 0 Å². The largest absolute Gasteiger partial charge is 0.388 e. The summed E-state index contributed by atoms with van der Waals surface area (Å²) in [7, 11) is 0. The van der Waals surface area contributed by atoms with E-state index >= 15 is 0 Å². The molecule has 68 valence electrons. The van der Waals surface area contributed by atoms with E-state index < -0.39 is 29.4 Å². The Morgan fingerprint density at radius 2 is 2.00 bits per heavy atom. The van der Waals surface area contributed by atoms with Crippen LogP contribution in [0.15, 0.2) is 0 Å². The van der Waals surface area contributed by atoms with Gasteiger partial charge in [-0.25, -0.2) is 0 Å². The first-order chi connectivity index (χ1) is 5.44. The fourth-order valence-electron chi connectivity index (χ4n) is 1.43. The third-order valence-corrected chi connectivity index (χ3v) is 2.36. The van der Waals surface area contributed by atoms with Gasteiger partial charge in [0.05, 0.1) is 6.61 Å². The van der Waals surface area contributed by atoms with Crippen LogP contribution in [0.1, 0.15) is 0 Å². The lowest BCUT2D eigenvalue weighted by atomic mass is 10.0. The highest BCUT2D eigenvalue weighted by Crippen LogP contribution is 2.50. The highest BCUT2D eigenvalue weighted by molar-refractivity contribution is 6.13. The van der Waals surface area contributed by atoms with Crippen molar-refractivity contribution in [2.45, 2.75) is 23.6 Å². The van der Waals surface area contributed by atoms with E-state index in [0.717, 1.165) is 0 Å². The van der Waals surface area contributed by atoms with Gasteiger partial charge < -0.3 is 25.2 Å². The minimum Gasteiger partial charge on any atom is -0.388 e. The van der Waals surface area contributed by atoms with E-state index in [1.807, 2.05) is 0 Å². The Balaban J connectivity index is 2.34. The predicted molar refractivity (Wildman–Crippen MR) is 32.9 cm³/mol. The maximum absolute atomic E-state index is 10.8. The summed E-state index contributed by atoms with van der Waals surface area (Å²) in [5, 5.41) is 36.5. The topological polar surface area (TPSA) is 107 Å². The van der Waals surface area contributed by atoms with E-state index in [0.29, 0.717) is 0 Å². The van der Waals surface area contributed by atoms with Gasteiger partial charge in [-0.2, -0.15) is 0 Å². The van der Waals surface area contributed by atoms with Gasteiger partial charge in [0.25, 0.3) is 5.79 Å². The van der Waals surface area contributed by atoms with Crippen LogP contribution in [0.4, 0.5) is 0 Å². The van der Waals surface area contributed by atoms with Crippen molar-refractivity contribution in [1.82, 2.24) is 0 Å². The van der Waals surface area contributed by atoms with Crippen molar-refractivity contribution in [3.8, 4) is 0 Å². The van der Waals surface area contributed by atoms with Crippen molar-refractivity contribution < 1.29 is 30.0 Å². The van der Waals surface area contributed by atoms with Crippen molar-refractivity contribution in [3.05, 3.63) is 0 Å². The molecule has 1 saturated heterocycles. The Morgan fingerprint density at radius 3 is 2.50 bits per heavy atom. The Morgan fingerprint density at radius 1 is 1.42 bits per heavy atom. The van der Waals surface area contributed by atoms with Gasteiger partial charge in [0.2, 0.25) is 11.4 Å². The Labute approximate surface area is 67.0 Å². The molecule has 2 rings (SSSR count). The third kappa shape index (κ3) is 0.572. The summed E-state index contributed by atoms with van der Waals surface area (Å²) >= 11 is 0. The van der Waals surface area contributed by atoms with Crippen molar-refractivity contribution in [1.29, 1.82) is 0 Å². The van der Waals surface area contributed by atoms with Gasteiger partial charge in [0.15, 0.2) is 0 Å². The van der Waals surface area contributed by atoms with Crippen LogP contribution in [0.25, 0.3) is 0 Å². The van der Waals surface area contributed by atoms with Crippen LogP contribution in [-0.2, 0) is 9.53 Å². The molecule has 2 fully saturated rings. The highest BCUT2D eigenvalue weighted by atomic mass is 16.7. The smallest absolute Gasteiger partial charge is 0.270 e. The van der Waals surface area contributed by atoms with Gasteiger partial charge in [-0.1, -0.05) is 0 Å². The second-order valence-electron chi connectivity index (χ2n) is 3.06. The monoisotopic (exact) mass is 176 g/mol. The molecule has 2 aliphatic rings. The van der Waals surface area contributed by atoms with E-state index in [1.54, 1.807) is 0 Å². The second-order valence-corrected chi connectivity index (χ2v) is 3.06. The average molecular weight is 176 g/mol. The molecule has 0 aromatic heterocycles. The molecule has 0 aromatic rings. The fraction of sp³-hybridized carbons (Fsp3) is 0.833. The number of carbonyl (C=O) groups is 1.